The van der Waals surface area contributed by atoms with E-state index >= 15 is 0 Å². The fourth-order valence-electron chi connectivity index (χ4n) is 1.57. The highest BCUT2D eigenvalue weighted by molar-refractivity contribution is 14.1. The SMILES string of the molecule is CCNS(=O)(=O)CCNC(C)c1ccc(I)cc1. The van der Waals surface area contributed by atoms with Gasteiger partial charge in [0.2, 0.25) is 10.0 Å². The number of hydrogen-bond donors (Lipinski definition) is 2. The summed E-state index contributed by atoms with van der Waals surface area (Å²) in [5, 5.41) is 3.21. The van der Waals surface area contributed by atoms with Gasteiger partial charge in [-0.05, 0) is 47.2 Å². The molecule has 0 spiro atoms. The van der Waals surface area contributed by atoms with Crippen LogP contribution >= 0.6 is 22.6 Å². The first-order valence-electron chi connectivity index (χ1n) is 5.91. The van der Waals surface area contributed by atoms with Crippen molar-refractivity contribution < 1.29 is 8.42 Å². The Balaban J connectivity index is 2.42. The maximum absolute atomic E-state index is 11.4. The molecule has 0 amide bonds. The molecular formula is C12H19IN2O2S. The number of nitrogens with one attached hydrogen (secondary N) is 2. The third-order valence-corrected chi connectivity index (χ3v) is 4.74. The van der Waals surface area contributed by atoms with Crippen LogP contribution in [0.1, 0.15) is 25.5 Å². The van der Waals surface area contributed by atoms with E-state index in [9.17, 15) is 8.42 Å². The summed E-state index contributed by atoms with van der Waals surface area (Å²) in [5.74, 6) is 0.107. The molecule has 0 aliphatic heterocycles. The second-order valence-corrected chi connectivity index (χ2v) is 7.22. The second kappa shape index (κ2) is 7.42. The van der Waals surface area contributed by atoms with Gasteiger partial charge < -0.3 is 5.32 Å². The van der Waals surface area contributed by atoms with Gasteiger partial charge >= 0.3 is 0 Å². The van der Waals surface area contributed by atoms with Crippen LogP contribution in [-0.4, -0.2) is 27.3 Å². The monoisotopic (exact) mass is 382 g/mol. The molecule has 1 rings (SSSR count). The number of rotatable bonds is 7. The van der Waals surface area contributed by atoms with Crippen LogP contribution in [0.2, 0.25) is 0 Å². The summed E-state index contributed by atoms with van der Waals surface area (Å²) < 4.78 is 26.5. The maximum Gasteiger partial charge on any atom is 0.212 e. The summed E-state index contributed by atoms with van der Waals surface area (Å²) in [5.41, 5.74) is 1.16. The summed E-state index contributed by atoms with van der Waals surface area (Å²) in [4.78, 5) is 0. The van der Waals surface area contributed by atoms with Crippen molar-refractivity contribution in [2.45, 2.75) is 19.9 Å². The number of sulfonamides is 1. The highest BCUT2D eigenvalue weighted by atomic mass is 127. The van der Waals surface area contributed by atoms with E-state index in [-0.39, 0.29) is 11.8 Å². The van der Waals surface area contributed by atoms with E-state index in [4.69, 9.17) is 0 Å². The molecule has 6 heteroatoms. The van der Waals surface area contributed by atoms with Crippen LogP contribution in [0, 0.1) is 3.57 Å². The van der Waals surface area contributed by atoms with Crippen LogP contribution < -0.4 is 10.0 Å². The predicted octanol–water partition coefficient (Wildman–Crippen LogP) is 1.88. The summed E-state index contributed by atoms with van der Waals surface area (Å²) >= 11 is 2.26. The molecule has 0 aromatic heterocycles. The molecule has 0 heterocycles. The Morgan fingerprint density at radius 2 is 1.89 bits per heavy atom. The van der Waals surface area contributed by atoms with Gasteiger partial charge in [0.1, 0.15) is 0 Å². The fraction of sp³-hybridized carbons (Fsp3) is 0.500. The van der Waals surface area contributed by atoms with Gasteiger partial charge in [-0.2, -0.15) is 0 Å². The van der Waals surface area contributed by atoms with E-state index < -0.39 is 10.0 Å². The Morgan fingerprint density at radius 1 is 1.28 bits per heavy atom. The zero-order valence-electron chi connectivity index (χ0n) is 10.6. The van der Waals surface area contributed by atoms with E-state index in [0.717, 1.165) is 5.56 Å². The van der Waals surface area contributed by atoms with E-state index in [1.165, 1.54) is 3.57 Å². The Kier molecular flexibility index (Phi) is 6.54. The lowest BCUT2D eigenvalue weighted by Gasteiger charge is -2.14. The van der Waals surface area contributed by atoms with Crippen LogP contribution in [0.25, 0.3) is 0 Å². The van der Waals surface area contributed by atoms with Crippen molar-refractivity contribution in [3.8, 4) is 0 Å². The second-order valence-electron chi connectivity index (χ2n) is 4.04. The minimum atomic E-state index is -3.13. The molecule has 1 unspecified atom stereocenters. The van der Waals surface area contributed by atoms with Gasteiger partial charge in [0, 0.05) is 22.7 Å². The average Bonchev–Trinajstić information content (AvgIpc) is 2.29. The largest absolute Gasteiger partial charge is 0.309 e. The zero-order valence-corrected chi connectivity index (χ0v) is 13.6. The molecule has 1 aromatic carbocycles. The van der Waals surface area contributed by atoms with Gasteiger partial charge in [-0.3, -0.25) is 0 Å². The first-order chi connectivity index (χ1) is 8.44. The van der Waals surface area contributed by atoms with Gasteiger partial charge in [0.25, 0.3) is 0 Å². The normalized spacial score (nSPS) is 13.5. The van der Waals surface area contributed by atoms with Crippen molar-refractivity contribution >= 4 is 32.6 Å². The van der Waals surface area contributed by atoms with Gasteiger partial charge in [0.15, 0.2) is 0 Å². The lowest BCUT2D eigenvalue weighted by atomic mass is 10.1. The third-order valence-electron chi connectivity index (χ3n) is 2.56. The molecule has 0 saturated heterocycles. The van der Waals surface area contributed by atoms with Crippen LogP contribution in [0.5, 0.6) is 0 Å². The summed E-state index contributed by atoms with van der Waals surface area (Å²) in [6.07, 6.45) is 0. The molecule has 0 saturated carbocycles. The molecule has 18 heavy (non-hydrogen) atoms. The molecule has 1 atom stereocenters. The van der Waals surface area contributed by atoms with Crippen LogP contribution in [0.15, 0.2) is 24.3 Å². The van der Waals surface area contributed by atoms with Gasteiger partial charge in [-0.15, -0.1) is 0 Å². The van der Waals surface area contributed by atoms with Gasteiger partial charge in [-0.25, -0.2) is 13.1 Å². The van der Waals surface area contributed by atoms with Gasteiger partial charge in [-0.1, -0.05) is 19.1 Å². The smallest absolute Gasteiger partial charge is 0.212 e. The van der Waals surface area contributed by atoms with Crippen molar-refractivity contribution in [1.29, 1.82) is 0 Å². The molecule has 2 N–H and O–H groups in total. The maximum atomic E-state index is 11.4. The van der Waals surface area contributed by atoms with Crippen molar-refractivity contribution in [3.63, 3.8) is 0 Å². The highest BCUT2D eigenvalue weighted by Gasteiger charge is 2.10. The predicted molar refractivity (Wildman–Crippen MR) is 83.0 cm³/mol. The molecule has 0 radical (unpaired) electrons. The summed E-state index contributed by atoms with van der Waals surface area (Å²) in [7, 11) is -3.13. The van der Waals surface area contributed by atoms with Crippen LogP contribution in [0.3, 0.4) is 0 Å². The average molecular weight is 382 g/mol. The molecule has 102 valence electrons. The topological polar surface area (TPSA) is 58.2 Å². The number of halogens is 1. The lowest BCUT2D eigenvalue weighted by Crippen LogP contribution is -2.32. The van der Waals surface area contributed by atoms with Gasteiger partial charge in [0.05, 0.1) is 5.75 Å². The van der Waals surface area contributed by atoms with E-state index in [1.54, 1.807) is 6.92 Å². The first-order valence-corrected chi connectivity index (χ1v) is 8.64. The summed E-state index contributed by atoms with van der Waals surface area (Å²) in [6, 6.07) is 8.35. The fourth-order valence-corrected chi connectivity index (χ4v) is 2.90. The van der Waals surface area contributed by atoms with Crippen molar-refractivity contribution in [3.05, 3.63) is 33.4 Å². The van der Waals surface area contributed by atoms with Crippen LogP contribution in [0.4, 0.5) is 0 Å². The zero-order chi connectivity index (χ0) is 13.6. The Morgan fingerprint density at radius 3 is 2.44 bits per heavy atom. The highest BCUT2D eigenvalue weighted by Crippen LogP contribution is 2.14. The minimum Gasteiger partial charge on any atom is -0.309 e. The van der Waals surface area contributed by atoms with Crippen molar-refractivity contribution in [2.75, 3.05) is 18.8 Å². The molecular weight excluding hydrogens is 363 g/mol. The standard InChI is InChI=1S/C12H19IN2O2S/c1-3-15-18(16,17)9-8-14-10(2)11-4-6-12(13)7-5-11/h4-7,10,14-15H,3,8-9H2,1-2H3. The van der Waals surface area contributed by atoms with E-state index in [1.807, 2.05) is 19.1 Å². The molecule has 1 aromatic rings. The van der Waals surface area contributed by atoms with Crippen molar-refractivity contribution in [1.82, 2.24) is 10.0 Å². The third kappa shape index (κ3) is 5.64. The van der Waals surface area contributed by atoms with E-state index in [2.05, 4.69) is 44.8 Å². The first kappa shape index (κ1) is 15.9. The number of benzene rings is 1. The Labute approximate surface area is 123 Å². The molecule has 0 bridgehead atoms. The van der Waals surface area contributed by atoms with Crippen molar-refractivity contribution in [2.24, 2.45) is 0 Å². The molecule has 0 fully saturated rings. The van der Waals surface area contributed by atoms with E-state index in [0.29, 0.717) is 13.1 Å². The Bertz CT molecular complexity index is 459. The molecule has 4 nitrogen and oxygen atoms in total. The molecule has 0 aliphatic carbocycles. The summed E-state index contributed by atoms with van der Waals surface area (Å²) in [6.45, 7) is 4.69. The minimum absolute atomic E-state index is 0.107. The lowest BCUT2D eigenvalue weighted by molar-refractivity contribution is 0.564. The Hall–Kier alpha value is -0.180. The van der Waals surface area contributed by atoms with Crippen LogP contribution in [-0.2, 0) is 10.0 Å². The molecule has 0 aliphatic rings. The number of hydrogen-bond acceptors (Lipinski definition) is 3. The quantitative estimate of drug-likeness (QED) is 0.709.